The van der Waals surface area contributed by atoms with E-state index in [0.29, 0.717) is 12.5 Å². The SMILES string of the molecule is CC(C)C(C)(c1ccccc1)c1ccc(OCc2nccs2)cn1. The summed E-state index contributed by atoms with van der Waals surface area (Å²) in [4.78, 5) is 8.93. The third kappa shape index (κ3) is 3.34. The Balaban J connectivity index is 1.82. The average molecular weight is 338 g/mol. The summed E-state index contributed by atoms with van der Waals surface area (Å²) >= 11 is 1.59. The van der Waals surface area contributed by atoms with Gasteiger partial charge in [-0.15, -0.1) is 11.3 Å². The quantitative estimate of drug-likeness (QED) is 0.629. The molecule has 0 radical (unpaired) electrons. The summed E-state index contributed by atoms with van der Waals surface area (Å²) in [5.41, 5.74) is 2.21. The number of aromatic nitrogens is 2. The lowest BCUT2D eigenvalue weighted by molar-refractivity contribution is 0.303. The Labute approximate surface area is 147 Å². The predicted molar refractivity (Wildman–Crippen MR) is 98.4 cm³/mol. The van der Waals surface area contributed by atoms with Crippen LogP contribution in [0.3, 0.4) is 0 Å². The van der Waals surface area contributed by atoms with Gasteiger partial charge in [0.25, 0.3) is 0 Å². The maximum atomic E-state index is 5.77. The first-order valence-corrected chi connectivity index (χ1v) is 9.02. The van der Waals surface area contributed by atoms with E-state index in [1.165, 1.54) is 5.56 Å². The number of nitrogens with zero attached hydrogens (tertiary/aromatic N) is 2. The molecule has 4 heteroatoms. The van der Waals surface area contributed by atoms with E-state index in [2.05, 4.69) is 56.1 Å². The Bertz CT molecular complexity index is 754. The van der Waals surface area contributed by atoms with Crippen molar-refractivity contribution in [2.24, 2.45) is 5.92 Å². The zero-order chi connectivity index (χ0) is 17.0. The number of hydrogen-bond donors (Lipinski definition) is 0. The molecule has 2 aromatic heterocycles. The van der Waals surface area contributed by atoms with Crippen LogP contribution in [0.15, 0.2) is 60.2 Å². The minimum absolute atomic E-state index is 0.130. The summed E-state index contributed by atoms with van der Waals surface area (Å²) in [6, 6.07) is 14.6. The second-order valence-electron chi connectivity index (χ2n) is 6.32. The van der Waals surface area contributed by atoms with Crippen LogP contribution >= 0.6 is 11.3 Å². The van der Waals surface area contributed by atoms with Gasteiger partial charge in [-0.3, -0.25) is 4.98 Å². The van der Waals surface area contributed by atoms with Crippen LogP contribution in [0.5, 0.6) is 5.75 Å². The molecule has 0 fully saturated rings. The number of hydrogen-bond acceptors (Lipinski definition) is 4. The fourth-order valence-corrected chi connectivity index (χ4v) is 3.33. The molecule has 0 aliphatic rings. The van der Waals surface area contributed by atoms with E-state index in [0.717, 1.165) is 16.5 Å². The van der Waals surface area contributed by atoms with Gasteiger partial charge >= 0.3 is 0 Å². The number of thiazole rings is 1. The van der Waals surface area contributed by atoms with E-state index in [-0.39, 0.29) is 5.41 Å². The standard InChI is InChI=1S/C20H22N2OS/c1-15(2)20(3,16-7-5-4-6-8-16)18-10-9-17(13-22-18)23-14-19-21-11-12-24-19/h4-13,15H,14H2,1-3H3. The lowest BCUT2D eigenvalue weighted by Gasteiger charge is -2.34. The molecule has 0 saturated heterocycles. The summed E-state index contributed by atoms with van der Waals surface area (Å²) in [6.45, 7) is 7.22. The molecule has 0 saturated carbocycles. The van der Waals surface area contributed by atoms with Gasteiger partial charge < -0.3 is 4.74 Å². The third-order valence-corrected chi connectivity index (χ3v) is 5.40. The van der Waals surface area contributed by atoms with Crippen molar-refractivity contribution in [3.63, 3.8) is 0 Å². The van der Waals surface area contributed by atoms with Gasteiger partial charge in [0.05, 0.1) is 11.9 Å². The van der Waals surface area contributed by atoms with Crippen LogP contribution in [-0.4, -0.2) is 9.97 Å². The lowest BCUT2D eigenvalue weighted by atomic mass is 9.71. The fraction of sp³-hybridized carbons (Fsp3) is 0.300. The average Bonchev–Trinajstić information content (AvgIpc) is 3.14. The molecule has 1 unspecified atom stereocenters. The van der Waals surface area contributed by atoms with Gasteiger partial charge in [0.15, 0.2) is 0 Å². The molecule has 0 aliphatic carbocycles. The molecule has 2 heterocycles. The first-order valence-electron chi connectivity index (χ1n) is 8.14. The highest BCUT2D eigenvalue weighted by Gasteiger charge is 2.33. The van der Waals surface area contributed by atoms with Crippen LogP contribution in [0, 0.1) is 5.92 Å². The van der Waals surface area contributed by atoms with Gasteiger partial charge in [-0.05, 0) is 30.5 Å². The molecule has 3 nitrogen and oxygen atoms in total. The highest BCUT2D eigenvalue weighted by Crippen LogP contribution is 2.38. The van der Waals surface area contributed by atoms with E-state index < -0.39 is 0 Å². The van der Waals surface area contributed by atoms with Gasteiger partial charge in [0.1, 0.15) is 17.4 Å². The summed E-state index contributed by atoms with van der Waals surface area (Å²) in [5.74, 6) is 1.20. The number of benzene rings is 1. The van der Waals surface area contributed by atoms with Gasteiger partial charge in [-0.2, -0.15) is 0 Å². The van der Waals surface area contributed by atoms with Gasteiger partial charge in [-0.25, -0.2) is 4.98 Å². The minimum atomic E-state index is -0.130. The highest BCUT2D eigenvalue weighted by atomic mass is 32.1. The molecular weight excluding hydrogens is 316 g/mol. The summed E-state index contributed by atoms with van der Waals surface area (Å²) in [7, 11) is 0. The van der Waals surface area contributed by atoms with Gasteiger partial charge in [0.2, 0.25) is 0 Å². The molecule has 0 bridgehead atoms. The van der Waals surface area contributed by atoms with Crippen LogP contribution in [0.4, 0.5) is 0 Å². The number of rotatable bonds is 6. The van der Waals surface area contributed by atoms with Crippen molar-refractivity contribution >= 4 is 11.3 Å². The normalized spacial score (nSPS) is 13.7. The Kier molecular flexibility index (Phi) is 4.95. The van der Waals surface area contributed by atoms with E-state index in [9.17, 15) is 0 Å². The Morgan fingerprint density at radius 1 is 1.08 bits per heavy atom. The summed E-state index contributed by atoms with van der Waals surface area (Å²) in [6.07, 6.45) is 3.60. The molecule has 124 valence electrons. The maximum absolute atomic E-state index is 5.77. The monoisotopic (exact) mass is 338 g/mol. The minimum Gasteiger partial charge on any atom is -0.485 e. The van der Waals surface area contributed by atoms with Crippen molar-refractivity contribution in [3.8, 4) is 5.75 Å². The molecule has 24 heavy (non-hydrogen) atoms. The van der Waals surface area contributed by atoms with E-state index >= 15 is 0 Å². The molecule has 3 rings (SSSR count). The smallest absolute Gasteiger partial charge is 0.140 e. The third-order valence-electron chi connectivity index (χ3n) is 4.64. The van der Waals surface area contributed by atoms with Gasteiger partial charge in [-0.1, -0.05) is 44.2 Å². The van der Waals surface area contributed by atoms with Crippen LogP contribution in [0.1, 0.15) is 37.0 Å². The summed E-state index contributed by atoms with van der Waals surface area (Å²) < 4.78 is 5.77. The zero-order valence-electron chi connectivity index (χ0n) is 14.3. The topological polar surface area (TPSA) is 35.0 Å². The van der Waals surface area contributed by atoms with Crippen molar-refractivity contribution in [2.45, 2.75) is 32.8 Å². The molecule has 1 aromatic carbocycles. The van der Waals surface area contributed by atoms with Crippen LogP contribution in [0.25, 0.3) is 0 Å². The first-order chi connectivity index (χ1) is 11.6. The molecule has 3 aromatic rings. The first kappa shape index (κ1) is 16.7. The molecule has 0 spiro atoms. The van der Waals surface area contributed by atoms with E-state index in [1.54, 1.807) is 17.5 Å². The number of pyridine rings is 1. The lowest BCUT2D eigenvalue weighted by Crippen LogP contribution is -2.31. The largest absolute Gasteiger partial charge is 0.485 e. The maximum Gasteiger partial charge on any atom is 0.140 e. The van der Waals surface area contributed by atoms with Crippen LogP contribution in [-0.2, 0) is 12.0 Å². The Morgan fingerprint density at radius 3 is 2.46 bits per heavy atom. The second kappa shape index (κ2) is 7.14. The van der Waals surface area contributed by atoms with Crippen molar-refractivity contribution < 1.29 is 4.74 Å². The Morgan fingerprint density at radius 2 is 1.88 bits per heavy atom. The Hall–Kier alpha value is -2.20. The molecule has 0 aliphatic heterocycles. The van der Waals surface area contributed by atoms with Crippen molar-refractivity contribution in [2.75, 3.05) is 0 Å². The van der Waals surface area contributed by atoms with E-state index in [4.69, 9.17) is 9.72 Å². The van der Waals surface area contributed by atoms with Crippen LogP contribution in [0.2, 0.25) is 0 Å². The highest BCUT2D eigenvalue weighted by molar-refractivity contribution is 7.09. The predicted octanol–water partition coefficient (Wildman–Crippen LogP) is 5.08. The van der Waals surface area contributed by atoms with Crippen molar-refractivity contribution in [1.29, 1.82) is 0 Å². The molecule has 0 N–H and O–H groups in total. The van der Waals surface area contributed by atoms with E-state index in [1.807, 2.05) is 23.7 Å². The summed E-state index contributed by atoms with van der Waals surface area (Å²) in [5, 5.41) is 2.92. The van der Waals surface area contributed by atoms with Crippen molar-refractivity contribution in [3.05, 3.63) is 76.5 Å². The second-order valence-corrected chi connectivity index (χ2v) is 7.30. The fourth-order valence-electron chi connectivity index (χ4n) is 2.80. The molecule has 1 atom stereocenters. The molecule has 0 amide bonds. The molecular formula is C20H22N2OS. The van der Waals surface area contributed by atoms with Crippen molar-refractivity contribution in [1.82, 2.24) is 9.97 Å². The van der Waals surface area contributed by atoms with Gasteiger partial charge in [0, 0.05) is 17.0 Å². The number of ether oxygens (including phenoxy) is 1. The van der Waals surface area contributed by atoms with Crippen LogP contribution < -0.4 is 4.74 Å². The zero-order valence-corrected chi connectivity index (χ0v) is 15.1.